The number of rotatable bonds is 4. The normalized spacial score (nSPS) is 11.7. The summed E-state index contributed by atoms with van der Waals surface area (Å²) in [6.07, 6.45) is -3.11. The van der Waals surface area contributed by atoms with E-state index in [-0.39, 0.29) is 12.4 Å². The van der Waals surface area contributed by atoms with Crippen LogP contribution in [0.2, 0.25) is 5.02 Å². The van der Waals surface area contributed by atoms with Gasteiger partial charge in [-0.2, -0.15) is 18.3 Å². The summed E-state index contributed by atoms with van der Waals surface area (Å²) in [6.45, 7) is -0.991. The highest BCUT2D eigenvalue weighted by Crippen LogP contribution is 2.20. The minimum Gasteiger partial charge on any atom is -0.364 e. The Labute approximate surface area is 117 Å². The third kappa shape index (κ3) is 4.12. The standard InChI is InChI=1S/C12H10ClF4N3/c13-10-2-1-9(14)5-8(10)6-18-11-3-4-20(19-11)7-12(15,16)17/h1-5H,6-7H2,(H,18,19). The monoisotopic (exact) mass is 307 g/mol. The van der Waals surface area contributed by atoms with E-state index in [1.807, 2.05) is 0 Å². The molecule has 1 aromatic carbocycles. The average molecular weight is 308 g/mol. The van der Waals surface area contributed by atoms with Crippen molar-refractivity contribution in [2.24, 2.45) is 0 Å². The van der Waals surface area contributed by atoms with Crippen LogP contribution < -0.4 is 5.32 Å². The molecule has 3 nitrogen and oxygen atoms in total. The second kappa shape index (κ2) is 5.70. The van der Waals surface area contributed by atoms with Crippen LogP contribution >= 0.6 is 11.6 Å². The SMILES string of the molecule is Fc1ccc(Cl)c(CNc2ccn(CC(F)(F)F)n2)c1. The topological polar surface area (TPSA) is 29.9 Å². The molecular formula is C12H10ClF4N3. The Kier molecular flexibility index (Phi) is 4.17. The van der Waals surface area contributed by atoms with Gasteiger partial charge in [-0.05, 0) is 23.8 Å². The van der Waals surface area contributed by atoms with Gasteiger partial charge in [0.15, 0.2) is 0 Å². The molecule has 0 unspecified atom stereocenters. The number of nitrogens with one attached hydrogen (secondary N) is 1. The van der Waals surface area contributed by atoms with Gasteiger partial charge in [-0.3, -0.25) is 4.68 Å². The number of anilines is 1. The van der Waals surface area contributed by atoms with Crippen molar-refractivity contribution in [3.8, 4) is 0 Å². The van der Waals surface area contributed by atoms with E-state index in [0.717, 1.165) is 4.68 Å². The van der Waals surface area contributed by atoms with Crippen molar-refractivity contribution in [1.82, 2.24) is 9.78 Å². The van der Waals surface area contributed by atoms with E-state index < -0.39 is 18.5 Å². The summed E-state index contributed by atoms with van der Waals surface area (Å²) in [5.74, 6) is -0.177. The highest BCUT2D eigenvalue weighted by molar-refractivity contribution is 6.31. The Morgan fingerprint density at radius 3 is 2.70 bits per heavy atom. The number of aromatic nitrogens is 2. The molecule has 1 heterocycles. The Morgan fingerprint density at radius 1 is 1.25 bits per heavy atom. The second-order valence-corrected chi connectivity index (χ2v) is 4.51. The lowest BCUT2D eigenvalue weighted by Crippen LogP contribution is -2.18. The van der Waals surface area contributed by atoms with E-state index in [2.05, 4.69) is 10.4 Å². The predicted octanol–water partition coefficient (Wildman–Crippen LogP) is 3.85. The van der Waals surface area contributed by atoms with Crippen LogP contribution in [0.3, 0.4) is 0 Å². The van der Waals surface area contributed by atoms with Crippen LogP contribution in [-0.2, 0) is 13.1 Å². The van der Waals surface area contributed by atoms with Crippen molar-refractivity contribution in [2.45, 2.75) is 19.3 Å². The molecule has 0 radical (unpaired) electrons. The number of benzene rings is 1. The molecule has 0 bridgehead atoms. The third-order valence-corrected chi connectivity index (χ3v) is 2.82. The van der Waals surface area contributed by atoms with Gasteiger partial charge in [-0.15, -0.1) is 0 Å². The first-order chi connectivity index (χ1) is 9.33. The lowest BCUT2D eigenvalue weighted by molar-refractivity contribution is -0.142. The second-order valence-electron chi connectivity index (χ2n) is 4.10. The van der Waals surface area contributed by atoms with Crippen LogP contribution in [-0.4, -0.2) is 16.0 Å². The molecule has 2 rings (SSSR count). The van der Waals surface area contributed by atoms with Crippen LogP contribution in [0.25, 0.3) is 0 Å². The third-order valence-electron chi connectivity index (χ3n) is 2.45. The fraction of sp³-hybridized carbons (Fsp3) is 0.250. The fourth-order valence-electron chi connectivity index (χ4n) is 1.59. The quantitative estimate of drug-likeness (QED) is 0.870. The molecule has 0 fully saturated rings. The fourth-order valence-corrected chi connectivity index (χ4v) is 1.78. The molecule has 0 saturated heterocycles. The summed E-state index contributed by atoms with van der Waals surface area (Å²) in [6, 6.07) is 5.29. The summed E-state index contributed by atoms with van der Waals surface area (Å²) < 4.78 is 50.3. The van der Waals surface area contributed by atoms with Crippen LogP contribution in [0, 0.1) is 5.82 Å². The van der Waals surface area contributed by atoms with Crippen molar-refractivity contribution >= 4 is 17.4 Å². The predicted molar refractivity (Wildman–Crippen MR) is 67.0 cm³/mol. The first-order valence-corrected chi connectivity index (χ1v) is 5.99. The molecule has 0 atom stereocenters. The zero-order valence-corrected chi connectivity index (χ0v) is 10.8. The van der Waals surface area contributed by atoms with Gasteiger partial charge in [0.1, 0.15) is 18.2 Å². The molecule has 0 saturated carbocycles. The van der Waals surface area contributed by atoms with Crippen molar-refractivity contribution in [3.05, 3.63) is 46.9 Å². The van der Waals surface area contributed by atoms with Crippen molar-refractivity contribution in [2.75, 3.05) is 5.32 Å². The summed E-state index contributed by atoms with van der Waals surface area (Å²) in [5.41, 5.74) is 0.497. The van der Waals surface area contributed by atoms with Gasteiger partial charge in [0, 0.05) is 23.8 Å². The lowest BCUT2D eigenvalue weighted by Gasteiger charge is -2.07. The summed E-state index contributed by atoms with van der Waals surface area (Å²) in [4.78, 5) is 0. The van der Waals surface area contributed by atoms with Gasteiger partial charge in [-0.1, -0.05) is 11.6 Å². The Hall–Kier alpha value is -1.76. The van der Waals surface area contributed by atoms with Crippen LogP contribution in [0.15, 0.2) is 30.5 Å². The van der Waals surface area contributed by atoms with E-state index in [0.29, 0.717) is 10.6 Å². The maximum atomic E-state index is 13.0. The molecule has 0 aliphatic rings. The minimum atomic E-state index is -4.32. The Bertz CT molecular complexity index is 595. The molecule has 0 amide bonds. The van der Waals surface area contributed by atoms with Crippen LogP contribution in [0.4, 0.5) is 23.4 Å². The maximum Gasteiger partial charge on any atom is 0.408 e. The number of halogens is 5. The molecule has 2 aromatic rings. The number of alkyl halides is 3. The molecule has 0 aliphatic carbocycles. The van der Waals surface area contributed by atoms with E-state index in [9.17, 15) is 17.6 Å². The van der Waals surface area contributed by atoms with Gasteiger partial charge in [-0.25, -0.2) is 4.39 Å². The zero-order chi connectivity index (χ0) is 14.8. The summed E-state index contributed by atoms with van der Waals surface area (Å²) in [5, 5.41) is 6.87. The van der Waals surface area contributed by atoms with Crippen molar-refractivity contribution in [3.63, 3.8) is 0 Å². The number of nitrogens with zero attached hydrogens (tertiary/aromatic N) is 2. The van der Waals surface area contributed by atoms with E-state index >= 15 is 0 Å². The molecule has 0 aliphatic heterocycles. The van der Waals surface area contributed by atoms with E-state index in [1.165, 1.54) is 30.5 Å². The molecule has 1 N–H and O–H groups in total. The first kappa shape index (κ1) is 14.6. The molecule has 0 spiro atoms. The van der Waals surface area contributed by atoms with Crippen LogP contribution in [0.5, 0.6) is 0 Å². The summed E-state index contributed by atoms with van der Waals surface area (Å²) in [7, 11) is 0. The smallest absolute Gasteiger partial charge is 0.364 e. The number of hydrogen-bond acceptors (Lipinski definition) is 2. The van der Waals surface area contributed by atoms with E-state index in [1.54, 1.807) is 0 Å². The average Bonchev–Trinajstić information content (AvgIpc) is 2.75. The van der Waals surface area contributed by atoms with Crippen molar-refractivity contribution < 1.29 is 17.6 Å². The Morgan fingerprint density at radius 2 is 2.00 bits per heavy atom. The van der Waals surface area contributed by atoms with Gasteiger partial charge < -0.3 is 5.32 Å². The lowest BCUT2D eigenvalue weighted by atomic mass is 10.2. The Balaban J connectivity index is 1.99. The van der Waals surface area contributed by atoms with Gasteiger partial charge in [0.25, 0.3) is 0 Å². The minimum absolute atomic E-state index is 0.166. The highest BCUT2D eigenvalue weighted by Gasteiger charge is 2.28. The maximum absolute atomic E-state index is 13.0. The van der Waals surface area contributed by atoms with Gasteiger partial charge in [0.2, 0.25) is 0 Å². The van der Waals surface area contributed by atoms with Gasteiger partial charge in [0.05, 0.1) is 0 Å². The van der Waals surface area contributed by atoms with E-state index in [4.69, 9.17) is 11.6 Å². The zero-order valence-electron chi connectivity index (χ0n) is 10.1. The largest absolute Gasteiger partial charge is 0.408 e. The first-order valence-electron chi connectivity index (χ1n) is 5.61. The summed E-state index contributed by atoms with van der Waals surface area (Å²) >= 11 is 5.87. The molecule has 8 heteroatoms. The molecule has 108 valence electrons. The van der Waals surface area contributed by atoms with Crippen LogP contribution in [0.1, 0.15) is 5.56 Å². The van der Waals surface area contributed by atoms with Gasteiger partial charge >= 0.3 is 6.18 Å². The molecular weight excluding hydrogens is 298 g/mol. The highest BCUT2D eigenvalue weighted by atomic mass is 35.5. The van der Waals surface area contributed by atoms with Crippen molar-refractivity contribution in [1.29, 1.82) is 0 Å². The molecule has 20 heavy (non-hydrogen) atoms. The molecule has 1 aromatic heterocycles. The number of hydrogen-bond donors (Lipinski definition) is 1.